The monoisotopic (exact) mass is 292 g/mol. The van der Waals surface area contributed by atoms with Gasteiger partial charge in [0, 0.05) is 50.3 Å². The van der Waals surface area contributed by atoms with Crippen LogP contribution in [0.3, 0.4) is 0 Å². The molecule has 2 N–H and O–H groups in total. The average molecular weight is 292 g/mol. The van der Waals surface area contributed by atoms with Crippen molar-refractivity contribution in [2.24, 2.45) is 5.73 Å². The molecular formula is C15H24N4O2. The highest BCUT2D eigenvalue weighted by atomic mass is 16.2. The molecule has 2 rings (SSSR count). The van der Waals surface area contributed by atoms with E-state index in [-0.39, 0.29) is 24.7 Å². The van der Waals surface area contributed by atoms with Gasteiger partial charge in [0.2, 0.25) is 11.8 Å². The van der Waals surface area contributed by atoms with E-state index < -0.39 is 5.91 Å². The summed E-state index contributed by atoms with van der Waals surface area (Å²) < 4.78 is 2.17. The number of amides is 2. The summed E-state index contributed by atoms with van der Waals surface area (Å²) in [7, 11) is 0. The summed E-state index contributed by atoms with van der Waals surface area (Å²) >= 11 is 0. The minimum Gasteiger partial charge on any atom is -0.370 e. The van der Waals surface area contributed by atoms with Crippen LogP contribution in [0.15, 0.2) is 12.4 Å². The van der Waals surface area contributed by atoms with E-state index in [2.05, 4.69) is 23.4 Å². The van der Waals surface area contributed by atoms with E-state index in [9.17, 15) is 9.59 Å². The van der Waals surface area contributed by atoms with Crippen molar-refractivity contribution in [2.45, 2.75) is 51.5 Å². The van der Waals surface area contributed by atoms with E-state index in [1.54, 1.807) is 0 Å². The van der Waals surface area contributed by atoms with Crippen molar-refractivity contribution < 1.29 is 9.59 Å². The largest absolute Gasteiger partial charge is 0.370 e. The molecule has 1 aromatic heterocycles. The first-order chi connectivity index (χ1) is 9.99. The first-order valence-corrected chi connectivity index (χ1v) is 7.58. The van der Waals surface area contributed by atoms with E-state index >= 15 is 0 Å². The van der Waals surface area contributed by atoms with E-state index in [1.165, 1.54) is 0 Å². The Hall–Kier alpha value is -1.85. The predicted molar refractivity (Wildman–Crippen MR) is 79.6 cm³/mol. The van der Waals surface area contributed by atoms with Crippen LogP contribution < -0.4 is 5.73 Å². The molecule has 2 heterocycles. The lowest BCUT2D eigenvalue weighted by molar-refractivity contribution is -0.134. The third kappa shape index (κ3) is 3.83. The van der Waals surface area contributed by atoms with E-state index in [1.807, 2.05) is 17.3 Å². The molecular weight excluding hydrogens is 268 g/mol. The highest BCUT2D eigenvalue weighted by Gasteiger charge is 2.27. The van der Waals surface area contributed by atoms with Crippen LogP contribution in [0, 0.1) is 0 Å². The number of imidazole rings is 1. The number of primary amides is 1. The second-order valence-electron chi connectivity index (χ2n) is 5.93. The zero-order valence-corrected chi connectivity index (χ0v) is 12.8. The van der Waals surface area contributed by atoms with Crippen LogP contribution in [0.4, 0.5) is 0 Å². The molecule has 116 valence electrons. The molecule has 1 saturated heterocycles. The maximum absolute atomic E-state index is 12.1. The van der Waals surface area contributed by atoms with Gasteiger partial charge in [-0.05, 0) is 26.7 Å². The lowest BCUT2D eigenvalue weighted by Gasteiger charge is -2.33. The number of hydrogen-bond acceptors (Lipinski definition) is 3. The van der Waals surface area contributed by atoms with Gasteiger partial charge >= 0.3 is 0 Å². The van der Waals surface area contributed by atoms with E-state index in [0.29, 0.717) is 12.6 Å². The number of piperidine rings is 1. The fourth-order valence-electron chi connectivity index (χ4n) is 2.88. The summed E-state index contributed by atoms with van der Waals surface area (Å²) in [5, 5.41) is 0. The van der Waals surface area contributed by atoms with Gasteiger partial charge in [0.1, 0.15) is 5.82 Å². The third-order valence-electron chi connectivity index (χ3n) is 3.98. The number of carbonyl (C=O) groups excluding carboxylic acids is 2. The average Bonchev–Trinajstić information content (AvgIpc) is 2.94. The van der Waals surface area contributed by atoms with Crippen molar-refractivity contribution in [3.63, 3.8) is 0 Å². The molecule has 0 aromatic carbocycles. The third-order valence-corrected chi connectivity index (χ3v) is 3.98. The predicted octanol–water partition coefficient (Wildman–Crippen LogP) is 1.44. The maximum Gasteiger partial charge on any atom is 0.223 e. The molecule has 0 saturated carbocycles. The van der Waals surface area contributed by atoms with Gasteiger partial charge in [-0.15, -0.1) is 0 Å². The topological polar surface area (TPSA) is 81.2 Å². The Morgan fingerprint density at radius 2 is 2.19 bits per heavy atom. The molecule has 0 aliphatic carbocycles. The minimum atomic E-state index is -0.424. The first kappa shape index (κ1) is 15.5. The Morgan fingerprint density at radius 1 is 1.43 bits per heavy atom. The molecule has 2 amide bonds. The van der Waals surface area contributed by atoms with Gasteiger partial charge in [-0.1, -0.05) is 0 Å². The molecule has 1 fully saturated rings. The van der Waals surface area contributed by atoms with Crippen LogP contribution in [-0.4, -0.2) is 39.4 Å². The van der Waals surface area contributed by atoms with Crippen molar-refractivity contribution in [1.29, 1.82) is 0 Å². The Morgan fingerprint density at radius 3 is 2.86 bits per heavy atom. The fourth-order valence-corrected chi connectivity index (χ4v) is 2.88. The molecule has 1 atom stereocenters. The number of nitrogens with zero attached hydrogens (tertiary/aromatic N) is 3. The molecule has 0 bridgehead atoms. The molecule has 1 unspecified atom stereocenters. The quantitative estimate of drug-likeness (QED) is 0.891. The summed E-state index contributed by atoms with van der Waals surface area (Å²) in [6, 6.07) is 0.364. The lowest BCUT2D eigenvalue weighted by Crippen LogP contribution is -2.40. The number of hydrogen-bond donors (Lipinski definition) is 1. The minimum absolute atomic E-state index is 0.0150. The first-order valence-electron chi connectivity index (χ1n) is 7.58. The summed E-state index contributed by atoms with van der Waals surface area (Å²) in [5.41, 5.74) is 5.10. The van der Waals surface area contributed by atoms with E-state index in [0.717, 1.165) is 25.2 Å². The van der Waals surface area contributed by atoms with Crippen LogP contribution in [0.5, 0.6) is 0 Å². The van der Waals surface area contributed by atoms with Crippen LogP contribution in [0.1, 0.15) is 57.3 Å². The Bertz CT molecular complexity index is 510. The van der Waals surface area contributed by atoms with Gasteiger partial charge in [-0.25, -0.2) is 4.98 Å². The number of rotatable bonds is 5. The smallest absolute Gasteiger partial charge is 0.223 e. The van der Waals surface area contributed by atoms with Crippen molar-refractivity contribution >= 4 is 11.8 Å². The van der Waals surface area contributed by atoms with Gasteiger partial charge in [0.15, 0.2) is 0 Å². The van der Waals surface area contributed by atoms with Crippen LogP contribution in [-0.2, 0) is 9.59 Å². The summed E-state index contributed by atoms with van der Waals surface area (Å²) in [6.07, 6.45) is 6.17. The molecule has 1 aliphatic heterocycles. The van der Waals surface area contributed by atoms with Gasteiger partial charge in [-0.3, -0.25) is 9.59 Å². The SMILES string of the molecule is CC(C)n1ccnc1C1CCCN(C(=O)CCC(N)=O)C1. The lowest BCUT2D eigenvalue weighted by atomic mass is 9.96. The van der Waals surface area contributed by atoms with Crippen molar-refractivity contribution in [1.82, 2.24) is 14.5 Å². The fraction of sp³-hybridized carbons (Fsp3) is 0.667. The van der Waals surface area contributed by atoms with Crippen molar-refractivity contribution in [2.75, 3.05) is 13.1 Å². The van der Waals surface area contributed by atoms with Crippen LogP contribution >= 0.6 is 0 Å². The van der Waals surface area contributed by atoms with Gasteiger partial charge in [0.05, 0.1) is 0 Å². The summed E-state index contributed by atoms with van der Waals surface area (Å²) in [6.45, 7) is 5.70. The van der Waals surface area contributed by atoms with Crippen molar-refractivity contribution in [3.8, 4) is 0 Å². The zero-order valence-electron chi connectivity index (χ0n) is 12.8. The number of aromatic nitrogens is 2. The van der Waals surface area contributed by atoms with Crippen LogP contribution in [0.25, 0.3) is 0 Å². The standard InChI is InChI=1S/C15H24N4O2/c1-11(2)19-9-7-17-15(19)12-4-3-8-18(10-12)14(21)6-5-13(16)20/h7,9,11-12H,3-6,8,10H2,1-2H3,(H2,16,20). The Labute approximate surface area is 125 Å². The van der Waals surface area contributed by atoms with Crippen molar-refractivity contribution in [3.05, 3.63) is 18.2 Å². The Balaban J connectivity index is 2.02. The second-order valence-corrected chi connectivity index (χ2v) is 5.93. The Kier molecular flexibility index (Phi) is 4.98. The number of carbonyl (C=O) groups is 2. The maximum atomic E-state index is 12.1. The molecule has 1 aliphatic rings. The molecule has 0 radical (unpaired) electrons. The summed E-state index contributed by atoms with van der Waals surface area (Å²) in [4.78, 5) is 29.2. The molecule has 6 nitrogen and oxygen atoms in total. The molecule has 21 heavy (non-hydrogen) atoms. The normalized spacial score (nSPS) is 19.0. The molecule has 6 heteroatoms. The van der Waals surface area contributed by atoms with Crippen LogP contribution in [0.2, 0.25) is 0 Å². The second kappa shape index (κ2) is 6.74. The highest BCUT2D eigenvalue weighted by molar-refractivity contribution is 5.82. The summed E-state index contributed by atoms with van der Waals surface area (Å²) in [5.74, 6) is 0.916. The van der Waals surface area contributed by atoms with Gasteiger partial charge in [-0.2, -0.15) is 0 Å². The highest BCUT2D eigenvalue weighted by Crippen LogP contribution is 2.27. The zero-order chi connectivity index (χ0) is 15.4. The van der Waals surface area contributed by atoms with E-state index in [4.69, 9.17) is 5.73 Å². The molecule has 0 spiro atoms. The number of nitrogens with two attached hydrogens (primary N) is 1. The molecule has 1 aromatic rings. The van der Waals surface area contributed by atoms with Gasteiger partial charge < -0.3 is 15.2 Å². The number of likely N-dealkylation sites (tertiary alicyclic amines) is 1. The van der Waals surface area contributed by atoms with Gasteiger partial charge in [0.25, 0.3) is 0 Å².